The van der Waals surface area contributed by atoms with Crippen molar-refractivity contribution < 1.29 is 25.2 Å². The highest BCUT2D eigenvalue weighted by Crippen LogP contribution is 2.19. The lowest BCUT2D eigenvalue weighted by atomic mass is 10.00. The zero-order chi connectivity index (χ0) is 54.4. The van der Waals surface area contributed by atoms with Gasteiger partial charge in [-0.25, -0.2) is 0 Å². The molecule has 0 spiro atoms. The Bertz CT molecular complexity index is 1140. The molecule has 0 aromatic carbocycles. The number of hydrogen-bond donors (Lipinski definition) is 5. The number of allylic oxidation sites excluding steroid dienone is 4. The first-order chi connectivity index (χ1) is 37.0. The number of nitrogens with one attached hydrogen (secondary N) is 1. The molecule has 6 nitrogen and oxygen atoms in total. The van der Waals surface area contributed by atoms with Gasteiger partial charge in [0.15, 0.2) is 0 Å². The van der Waals surface area contributed by atoms with Crippen molar-refractivity contribution in [3.05, 3.63) is 24.3 Å². The Kier molecular flexibility index (Phi) is 62.6. The third-order valence-corrected chi connectivity index (χ3v) is 16.4. The summed E-state index contributed by atoms with van der Waals surface area (Å²) in [6.07, 6.45) is 80.2. The molecule has 0 saturated heterocycles. The average molecular weight is 1060 g/mol. The molecule has 0 saturated carbocycles. The molecular formula is C69H135NO5. The summed E-state index contributed by atoms with van der Waals surface area (Å²) in [4.78, 5) is 12.6. The fraction of sp³-hybridized carbons (Fsp3) is 0.928. The van der Waals surface area contributed by atoms with Gasteiger partial charge in [0.25, 0.3) is 0 Å². The summed E-state index contributed by atoms with van der Waals surface area (Å²) < 4.78 is 0. The van der Waals surface area contributed by atoms with Gasteiger partial charge >= 0.3 is 0 Å². The Hall–Kier alpha value is -1.21. The normalized spacial score (nSPS) is 13.6. The van der Waals surface area contributed by atoms with Crippen molar-refractivity contribution in [2.45, 2.75) is 404 Å². The van der Waals surface area contributed by atoms with Crippen molar-refractivity contribution in [2.75, 3.05) is 6.61 Å². The molecule has 0 aliphatic rings. The first-order valence-corrected chi connectivity index (χ1v) is 34.2. The van der Waals surface area contributed by atoms with Crippen LogP contribution in [0.4, 0.5) is 0 Å². The Morgan fingerprint density at radius 1 is 0.320 bits per heavy atom. The lowest BCUT2D eigenvalue weighted by Crippen LogP contribution is -2.53. The Balaban J connectivity index is 3.58. The minimum atomic E-state index is -1.29. The molecule has 5 N–H and O–H groups in total. The predicted octanol–water partition coefficient (Wildman–Crippen LogP) is 20.9. The zero-order valence-electron chi connectivity index (χ0n) is 50.8. The summed E-state index contributed by atoms with van der Waals surface area (Å²) in [5.41, 5.74) is 0. The van der Waals surface area contributed by atoms with Crippen molar-refractivity contribution in [1.82, 2.24) is 5.32 Å². The number of carbonyl (C=O) groups excluding carboxylic acids is 1. The molecule has 446 valence electrons. The van der Waals surface area contributed by atoms with Crippen molar-refractivity contribution >= 4 is 5.91 Å². The topological polar surface area (TPSA) is 110 Å². The van der Waals surface area contributed by atoms with Crippen molar-refractivity contribution in [1.29, 1.82) is 0 Å². The van der Waals surface area contributed by atoms with E-state index < -0.39 is 36.9 Å². The van der Waals surface area contributed by atoms with Gasteiger partial charge in [-0.1, -0.05) is 353 Å². The first-order valence-electron chi connectivity index (χ1n) is 34.2. The molecule has 1 amide bonds. The summed E-state index contributed by atoms with van der Waals surface area (Å²) in [5, 5.41) is 44.2. The maximum Gasteiger partial charge on any atom is 0.249 e. The molecule has 0 bridgehead atoms. The van der Waals surface area contributed by atoms with Crippen molar-refractivity contribution in [3.8, 4) is 0 Å². The summed E-state index contributed by atoms with van der Waals surface area (Å²) >= 11 is 0. The van der Waals surface area contributed by atoms with E-state index in [1.165, 1.54) is 308 Å². The molecule has 0 aliphatic heterocycles. The maximum atomic E-state index is 12.6. The van der Waals surface area contributed by atoms with E-state index in [-0.39, 0.29) is 0 Å². The Labute approximate surface area is 469 Å². The van der Waals surface area contributed by atoms with Gasteiger partial charge in [0.1, 0.15) is 12.2 Å². The van der Waals surface area contributed by atoms with Gasteiger partial charge in [0.05, 0.1) is 18.8 Å². The van der Waals surface area contributed by atoms with Gasteiger partial charge < -0.3 is 25.7 Å². The van der Waals surface area contributed by atoms with Crippen LogP contribution in [0.25, 0.3) is 0 Å². The van der Waals surface area contributed by atoms with Gasteiger partial charge in [-0.3, -0.25) is 4.79 Å². The Morgan fingerprint density at radius 2 is 0.560 bits per heavy atom. The number of aliphatic hydroxyl groups is 4. The second-order valence-electron chi connectivity index (χ2n) is 23.9. The summed E-state index contributed by atoms with van der Waals surface area (Å²) in [7, 11) is 0. The standard InChI is InChI=1S/C69H135NO5/c1-3-5-7-9-11-13-15-17-19-21-23-25-27-29-31-33-34-35-37-38-40-42-44-46-48-50-52-54-56-58-60-62-66(72)68(74)65(64-71)70-69(75)67(73)63-61-59-57-55-53-51-49-47-45-43-41-39-36-32-30-28-26-24-22-20-18-16-14-12-10-8-6-4-2/h46,48,54,56,65-68,71-74H,3-45,47,49-53,55,57-64H2,1-2H3,(H,70,75)/b48-46+,56-54+. The third-order valence-electron chi connectivity index (χ3n) is 16.4. The van der Waals surface area contributed by atoms with E-state index in [4.69, 9.17) is 0 Å². The van der Waals surface area contributed by atoms with Crippen LogP contribution in [-0.2, 0) is 4.79 Å². The van der Waals surface area contributed by atoms with E-state index in [1.807, 2.05) is 0 Å². The van der Waals surface area contributed by atoms with Crippen LogP contribution in [0.15, 0.2) is 24.3 Å². The molecule has 0 aromatic rings. The average Bonchev–Trinajstić information content (AvgIpc) is 3.42. The second-order valence-corrected chi connectivity index (χ2v) is 23.9. The van der Waals surface area contributed by atoms with E-state index in [9.17, 15) is 25.2 Å². The first kappa shape index (κ1) is 73.8. The van der Waals surface area contributed by atoms with E-state index in [2.05, 4.69) is 43.5 Å². The second kappa shape index (κ2) is 63.6. The highest BCUT2D eigenvalue weighted by molar-refractivity contribution is 5.80. The molecular weight excluding hydrogens is 923 g/mol. The predicted molar refractivity (Wildman–Crippen MR) is 330 cm³/mol. The quantitative estimate of drug-likeness (QED) is 0.0308. The lowest BCUT2D eigenvalue weighted by molar-refractivity contribution is -0.132. The number of rotatable bonds is 64. The highest BCUT2D eigenvalue weighted by Gasteiger charge is 2.28. The van der Waals surface area contributed by atoms with Gasteiger partial charge in [-0.2, -0.15) is 0 Å². The molecule has 0 heterocycles. The monoisotopic (exact) mass is 1060 g/mol. The molecule has 0 fully saturated rings. The van der Waals surface area contributed by atoms with Crippen LogP contribution in [0.2, 0.25) is 0 Å². The summed E-state index contributed by atoms with van der Waals surface area (Å²) in [6.45, 7) is 4.10. The molecule has 0 rings (SSSR count). The van der Waals surface area contributed by atoms with Crippen LogP contribution in [0.1, 0.15) is 380 Å². The molecule has 4 unspecified atom stereocenters. The van der Waals surface area contributed by atoms with Gasteiger partial charge in [0.2, 0.25) is 5.91 Å². The maximum absolute atomic E-state index is 12.6. The van der Waals surface area contributed by atoms with Gasteiger partial charge in [-0.05, 0) is 51.4 Å². The van der Waals surface area contributed by atoms with E-state index in [0.717, 1.165) is 38.5 Å². The number of unbranched alkanes of at least 4 members (excludes halogenated alkanes) is 51. The fourth-order valence-corrected chi connectivity index (χ4v) is 11.1. The molecule has 0 aliphatic carbocycles. The zero-order valence-corrected chi connectivity index (χ0v) is 50.8. The van der Waals surface area contributed by atoms with Crippen LogP contribution < -0.4 is 5.32 Å². The smallest absolute Gasteiger partial charge is 0.249 e. The van der Waals surface area contributed by atoms with Crippen LogP contribution in [-0.4, -0.2) is 57.3 Å². The van der Waals surface area contributed by atoms with Crippen LogP contribution in [0.5, 0.6) is 0 Å². The van der Waals surface area contributed by atoms with Crippen LogP contribution in [0, 0.1) is 0 Å². The summed E-state index contributed by atoms with van der Waals surface area (Å²) in [6, 6.07) is -1.01. The van der Waals surface area contributed by atoms with Gasteiger partial charge in [0, 0.05) is 0 Å². The molecule has 4 atom stereocenters. The van der Waals surface area contributed by atoms with Gasteiger partial charge in [-0.15, -0.1) is 0 Å². The minimum Gasteiger partial charge on any atom is -0.394 e. The fourth-order valence-electron chi connectivity index (χ4n) is 11.1. The summed E-state index contributed by atoms with van der Waals surface area (Å²) in [5.74, 6) is -0.589. The molecule has 6 heteroatoms. The number of amides is 1. The largest absolute Gasteiger partial charge is 0.394 e. The van der Waals surface area contributed by atoms with E-state index in [0.29, 0.717) is 19.3 Å². The Morgan fingerprint density at radius 3 is 0.840 bits per heavy atom. The molecule has 0 aromatic heterocycles. The SMILES string of the molecule is CCCCCCCCCCCCCCCCCCCCCCCC/C=C/CC/C=C/CCCC(O)C(O)C(CO)NC(=O)C(O)CCCCCCCCCCCCCCCCCCCCCCCCCCCCCC. The number of carbonyl (C=O) groups is 1. The molecule has 0 radical (unpaired) electrons. The number of hydrogen-bond acceptors (Lipinski definition) is 5. The van der Waals surface area contributed by atoms with Crippen LogP contribution >= 0.6 is 0 Å². The third kappa shape index (κ3) is 57.3. The number of aliphatic hydroxyl groups excluding tert-OH is 4. The van der Waals surface area contributed by atoms with Crippen LogP contribution in [0.3, 0.4) is 0 Å². The highest BCUT2D eigenvalue weighted by atomic mass is 16.3. The van der Waals surface area contributed by atoms with E-state index >= 15 is 0 Å². The minimum absolute atomic E-state index is 0.365. The van der Waals surface area contributed by atoms with Crippen molar-refractivity contribution in [2.24, 2.45) is 0 Å². The lowest BCUT2D eigenvalue weighted by Gasteiger charge is -2.27. The molecule has 75 heavy (non-hydrogen) atoms. The van der Waals surface area contributed by atoms with E-state index in [1.54, 1.807) is 0 Å². The van der Waals surface area contributed by atoms with Crippen molar-refractivity contribution in [3.63, 3.8) is 0 Å².